The van der Waals surface area contributed by atoms with Crippen molar-refractivity contribution in [3.63, 3.8) is 0 Å². The maximum absolute atomic E-state index is 12.2. The number of aromatic nitrogens is 3. The lowest BCUT2D eigenvalue weighted by atomic mass is 10.1. The third-order valence-electron chi connectivity index (χ3n) is 4.80. The van der Waals surface area contributed by atoms with Gasteiger partial charge < -0.3 is 10.1 Å². The van der Waals surface area contributed by atoms with Gasteiger partial charge in [-0.05, 0) is 43.0 Å². The van der Waals surface area contributed by atoms with Crippen LogP contribution in [0.1, 0.15) is 30.1 Å². The summed E-state index contributed by atoms with van der Waals surface area (Å²) in [6, 6.07) is 17.9. The van der Waals surface area contributed by atoms with Crippen LogP contribution in [0.15, 0.2) is 59.8 Å². The highest BCUT2D eigenvalue weighted by Gasteiger charge is 2.30. The molecule has 1 fully saturated rings. The number of benzene rings is 2. The van der Waals surface area contributed by atoms with Crippen LogP contribution in [-0.2, 0) is 11.2 Å². The van der Waals surface area contributed by atoms with Crippen molar-refractivity contribution in [1.29, 1.82) is 0 Å². The molecule has 1 saturated carbocycles. The molecule has 1 aromatic heterocycles. The predicted octanol–water partition coefficient (Wildman–Crippen LogP) is 3.60. The monoisotopic (exact) mass is 408 g/mol. The molecule has 0 unspecified atom stereocenters. The molecule has 3 aromatic rings. The molecule has 0 spiro atoms. The molecule has 0 radical (unpaired) electrons. The van der Waals surface area contributed by atoms with Gasteiger partial charge in [0.05, 0.1) is 18.6 Å². The van der Waals surface area contributed by atoms with E-state index in [9.17, 15) is 4.79 Å². The Balaban J connectivity index is 1.31. The lowest BCUT2D eigenvalue weighted by Crippen LogP contribution is -2.27. The zero-order valence-electron chi connectivity index (χ0n) is 16.4. The van der Waals surface area contributed by atoms with E-state index in [2.05, 4.69) is 15.4 Å². The van der Waals surface area contributed by atoms with Crippen LogP contribution in [0.5, 0.6) is 5.75 Å². The molecule has 0 atom stereocenters. The van der Waals surface area contributed by atoms with Crippen molar-refractivity contribution in [2.45, 2.75) is 30.3 Å². The smallest absolute Gasteiger partial charge is 0.230 e. The average molecular weight is 409 g/mol. The van der Waals surface area contributed by atoms with Gasteiger partial charge in [-0.15, -0.1) is 5.10 Å². The molecule has 0 bridgehead atoms. The summed E-state index contributed by atoms with van der Waals surface area (Å²) in [5.74, 6) is 2.60. The van der Waals surface area contributed by atoms with Gasteiger partial charge >= 0.3 is 0 Å². The summed E-state index contributed by atoms with van der Waals surface area (Å²) in [6.07, 6.45) is 3.03. The fraction of sp³-hybridized carbons (Fsp3) is 0.318. The van der Waals surface area contributed by atoms with Crippen LogP contribution in [0.3, 0.4) is 0 Å². The van der Waals surface area contributed by atoms with Crippen molar-refractivity contribution in [2.75, 3.05) is 19.4 Å². The van der Waals surface area contributed by atoms with Crippen molar-refractivity contribution in [3.8, 4) is 11.4 Å². The van der Waals surface area contributed by atoms with Crippen LogP contribution in [0, 0.1) is 0 Å². The van der Waals surface area contributed by atoms with Crippen molar-refractivity contribution < 1.29 is 9.53 Å². The molecule has 1 amide bonds. The van der Waals surface area contributed by atoms with Crippen LogP contribution in [0.25, 0.3) is 5.69 Å². The highest BCUT2D eigenvalue weighted by molar-refractivity contribution is 7.99. The number of rotatable bonds is 9. The number of para-hydroxylation sites is 2. The van der Waals surface area contributed by atoms with Gasteiger partial charge in [0.15, 0.2) is 0 Å². The number of nitrogens with zero attached hydrogens (tertiary/aromatic N) is 3. The maximum atomic E-state index is 12.2. The molecule has 1 N–H and O–H groups in total. The first-order valence-corrected chi connectivity index (χ1v) is 10.8. The Labute approximate surface area is 174 Å². The maximum Gasteiger partial charge on any atom is 0.230 e. The number of nitrogens with one attached hydrogen (secondary N) is 1. The fourth-order valence-corrected chi connectivity index (χ4v) is 3.82. The van der Waals surface area contributed by atoms with Crippen molar-refractivity contribution in [3.05, 3.63) is 66.0 Å². The third-order valence-corrected chi connectivity index (χ3v) is 5.64. The van der Waals surface area contributed by atoms with E-state index in [0.29, 0.717) is 23.4 Å². The molecule has 1 aliphatic carbocycles. The number of amides is 1. The molecule has 0 saturated heterocycles. The topological polar surface area (TPSA) is 69.0 Å². The van der Waals surface area contributed by atoms with E-state index in [1.807, 2.05) is 59.3 Å². The van der Waals surface area contributed by atoms with E-state index in [4.69, 9.17) is 4.74 Å². The number of methoxy groups -OCH3 is 1. The Morgan fingerprint density at radius 3 is 2.69 bits per heavy atom. The van der Waals surface area contributed by atoms with E-state index >= 15 is 0 Å². The van der Waals surface area contributed by atoms with Crippen molar-refractivity contribution in [2.24, 2.45) is 0 Å². The van der Waals surface area contributed by atoms with E-state index in [1.54, 1.807) is 7.11 Å². The highest BCUT2D eigenvalue weighted by atomic mass is 32.2. The van der Waals surface area contributed by atoms with E-state index < -0.39 is 0 Å². The molecular formula is C22H24N4O2S. The van der Waals surface area contributed by atoms with E-state index in [-0.39, 0.29) is 5.91 Å². The number of ether oxygens (including phenoxy) is 1. The molecule has 29 heavy (non-hydrogen) atoms. The van der Waals surface area contributed by atoms with Gasteiger partial charge in [0, 0.05) is 12.5 Å². The minimum Gasteiger partial charge on any atom is -0.496 e. The molecular weight excluding hydrogens is 384 g/mol. The Morgan fingerprint density at radius 2 is 1.93 bits per heavy atom. The molecule has 1 heterocycles. The Kier molecular flexibility index (Phi) is 6.14. The Hall–Kier alpha value is -2.80. The van der Waals surface area contributed by atoms with Gasteiger partial charge in [-0.3, -0.25) is 4.79 Å². The first-order valence-electron chi connectivity index (χ1n) is 9.78. The number of hydrogen-bond acceptors (Lipinski definition) is 5. The molecule has 150 valence electrons. The second-order valence-corrected chi connectivity index (χ2v) is 7.92. The minimum atomic E-state index is -0.0195. The van der Waals surface area contributed by atoms with Crippen LogP contribution in [0.4, 0.5) is 0 Å². The summed E-state index contributed by atoms with van der Waals surface area (Å²) in [5, 5.41) is 8.25. The lowest BCUT2D eigenvalue weighted by Gasteiger charge is -2.08. The zero-order chi connectivity index (χ0) is 20.1. The van der Waals surface area contributed by atoms with Crippen LogP contribution < -0.4 is 10.1 Å². The summed E-state index contributed by atoms with van der Waals surface area (Å²) in [4.78, 5) is 16.9. The number of carbonyl (C=O) groups excluding carboxylic acids is 1. The normalized spacial score (nSPS) is 13.3. The molecule has 2 aromatic carbocycles. The van der Waals surface area contributed by atoms with Gasteiger partial charge in [0.2, 0.25) is 11.1 Å². The van der Waals surface area contributed by atoms with Gasteiger partial charge in [-0.1, -0.05) is 48.2 Å². The lowest BCUT2D eigenvalue weighted by molar-refractivity contribution is -0.118. The zero-order valence-corrected chi connectivity index (χ0v) is 17.2. The summed E-state index contributed by atoms with van der Waals surface area (Å²) >= 11 is 1.38. The van der Waals surface area contributed by atoms with Gasteiger partial charge in [0.1, 0.15) is 11.6 Å². The number of carbonyl (C=O) groups is 1. The summed E-state index contributed by atoms with van der Waals surface area (Å²) in [7, 11) is 1.66. The Morgan fingerprint density at radius 1 is 1.17 bits per heavy atom. The molecule has 6 nitrogen and oxygen atoms in total. The quantitative estimate of drug-likeness (QED) is 0.548. The minimum absolute atomic E-state index is 0.0195. The second kappa shape index (κ2) is 9.13. The molecule has 0 aliphatic heterocycles. The average Bonchev–Trinajstić information content (AvgIpc) is 3.52. The van der Waals surface area contributed by atoms with E-state index in [1.165, 1.54) is 11.8 Å². The number of hydrogen-bond donors (Lipinski definition) is 1. The molecule has 1 aliphatic rings. The third kappa shape index (κ3) is 4.98. The molecule has 7 heteroatoms. The van der Waals surface area contributed by atoms with Crippen LogP contribution in [-0.4, -0.2) is 40.1 Å². The largest absolute Gasteiger partial charge is 0.496 e. The van der Waals surface area contributed by atoms with Gasteiger partial charge in [0.25, 0.3) is 0 Å². The van der Waals surface area contributed by atoms with Crippen molar-refractivity contribution in [1.82, 2.24) is 20.1 Å². The van der Waals surface area contributed by atoms with Crippen molar-refractivity contribution >= 4 is 17.7 Å². The first kappa shape index (κ1) is 19.5. The highest BCUT2D eigenvalue weighted by Crippen LogP contribution is 2.40. The SMILES string of the molecule is COc1ccccc1CCNC(=O)CSc1nc(C2CC2)n(-c2ccccc2)n1. The summed E-state index contributed by atoms with van der Waals surface area (Å²) < 4.78 is 7.26. The standard InChI is InChI=1S/C22H24N4O2S/c1-28-19-10-6-5-7-16(19)13-14-23-20(27)15-29-22-24-21(17-11-12-17)26(25-22)18-8-3-2-4-9-18/h2-10,17H,11-15H2,1H3,(H,23,27). The predicted molar refractivity (Wildman–Crippen MR) is 114 cm³/mol. The van der Waals surface area contributed by atoms with E-state index in [0.717, 1.165) is 42.1 Å². The van der Waals surface area contributed by atoms with Crippen LogP contribution in [0.2, 0.25) is 0 Å². The Bertz CT molecular complexity index is 970. The number of thioether (sulfide) groups is 1. The van der Waals surface area contributed by atoms with Gasteiger partial charge in [-0.2, -0.15) is 0 Å². The first-order chi connectivity index (χ1) is 14.2. The van der Waals surface area contributed by atoms with Crippen LogP contribution >= 0.6 is 11.8 Å². The summed E-state index contributed by atoms with van der Waals surface area (Å²) in [6.45, 7) is 0.568. The summed E-state index contributed by atoms with van der Waals surface area (Å²) in [5.41, 5.74) is 2.09. The van der Waals surface area contributed by atoms with Gasteiger partial charge in [-0.25, -0.2) is 9.67 Å². The fourth-order valence-electron chi connectivity index (χ4n) is 3.16. The second-order valence-electron chi connectivity index (χ2n) is 6.97. The molecule has 4 rings (SSSR count).